The van der Waals surface area contributed by atoms with E-state index in [0.717, 1.165) is 21.7 Å². The summed E-state index contributed by atoms with van der Waals surface area (Å²) in [6.07, 6.45) is -8.32. The standard InChI is InChI=1S/C20H24N9O12P/c21-19-26-16-9(17(34)27-19)24-5-28(16)18-14(11(32)7(2-30)40-18)41-42(36,37)38-3-8-10(31)12(33)13(39-8)6-1-25-29-15(6)22-4-23-20(29)35/h1,4-5,7-8,10-14,18,30-33H,2-3H2,(H,36,37)(H,22,23,35)(H3,21,26,27,34)/t7-,8-,10?,11?,12+,13+,14+,18-/m1/s1. The summed E-state index contributed by atoms with van der Waals surface area (Å²) in [5, 5.41) is 45.3. The molecule has 2 saturated heterocycles. The number of aromatic amines is 2. The third kappa shape index (κ3) is 4.80. The van der Waals surface area contributed by atoms with Crippen molar-refractivity contribution in [3.8, 4) is 0 Å². The number of hydrogen-bond donors (Lipinski definition) is 8. The van der Waals surface area contributed by atoms with E-state index >= 15 is 0 Å². The highest BCUT2D eigenvalue weighted by Crippen LogP contribution is 2.50. The highest BCUT2D eigenvalue weighted by atomic mass is 31.2. The summed E-state index contributed by atoms with van der Waals surface area (Å²) in [7, 11) is -5.07. The second-order valence-electron chi connectivity index (χ2n) is 9.47. The van der Waals surface area contributed by atoms with Gasteiger partial charge < -0.3 is 40.5 Å². The predicted octanol–water partition coefficient (Wildman–Crippen LogP) is -3.95. The molecule has 6 rings (SSSR count). The number of imidazole rings is 1. The molecule has 0 spiro atoms. The highest BCUT2D eigenvalue weighted by molar-refractivity contribution is 7.47. The molecule has 226 valence electrons. The molecule has 2 aliphatic rings. The van der Waals surface area contributed by atoms with E-state index in [0.29, 0.717) is 0 Å². The van der Waals surface area contributed by atoms with Gasteiger partial charge in [0, 0.05) is 5.56 Å². The first-order valence-corrected chi connectivity index (χ1v) is 13.7. The Morgan fingerprint density at radius 2 is 1.88 bits per heavy atom. The quantitative estimate of drug-likeness (QED) is 0.0879. The van der Waals surface area contributed by atoms with Crippen LogP contribution in [0.3, 0.4) is 0 Å². The van der Waals surface area contributed by atoms with Gasteiger partial charge in [0.1, 0.15) is 42.7 Å². The summed E-state index contributed by atoms with van der Waals surface area (Å²) in [4.78, 5) is 51.1. The maximum atomic E-state index is 13.0. The van der Waals surface area contributed by atoms with Crippen molar-refractivity contribution in [3.63, 3.8) is 0 Å². The number of phosphoric acid groups is 1. The monoisotopic (exact) mass is 613 g/mol. The number of rotatable bonds is 8. The fourth-order valence-corrected chi connectivity index (χ4v) is 5.81. The lowest BCUT2D eigenvalue weighted by Crippen LogP contribution is -2.36. The Kier molecular flexibility index (Phi) is 7.17. The molecule has 0 saturated carbocycles. The minimum absolute atomic E-state index is 0.0534. The lowest BCUT2D eigenvalue weighted by molar-refractivity contribution is -0.0550. The maximum absolute atomic E-state index is 13.0. The molecule has 0 aliphatic carbocycles. The largest absolute Gasteiger partial charge is 0.472 e. The Balaban J connectivity index is 1.19. The van der Waals surface area contributed by atoms with E-state index in [1.54, 1.807) is 0 Å². The fourth-order valence-electron chi connectivity index (χ4n) is 4.87. The summed E-state index contributed by atoms with van der Waals surface area (Å²) in [6, 6.07) is 0. The van der Waals surface area contributed by atoms with Crippen molar-refractivity contribution in [2.75, 3.05) is 18.9 Å². The van der Waals surface area contributed by atoms with Gasteiger partial charge in [-0.2, -0.15) is 14.6 Å². The molecular weight excluding hydrogens is 589 g/mol. The van der Waals surface area contributed by atoms with Crippen LogP contribution in [0, 0.1) is 0 Å². The van der Waals surface area contributed by atoms with Gasteiger partial charge >= 0.3 is 13.5 Å². The summed E-state index contributed by atoms with van der Waals surface area (Å²) < 4.78 is 36.5. The number of nitrogens with zero attached hydrogens (tertiary/aromatic N) is 6. The van der Waals surface area contributed by atoms with Gasteiger partial charge in [-0.25, -0.2) is 19.3 Å². The minimum Gasteiger partial charge on any atom is -0.394 e. The van der Waals surface area contributed by atoms with Crippen molar-refractivity contribution < 1.29 is 48.4 Å². The Bertz CT molecular complexity index is 1790. The van der Waals surface area contributed by atoms with Gasteiger partial charge in [0.15, 0.2) is 23.0 Å². The van der Waals surface area contributed by atoms with Crippen molar-refractivity contribution in [2.45, 2.75) is 49.0 Å². The number of aromatic nitrogens is 8. The SMILES string of the molecule is Nc1nc2c(ncn2[C@@H]2O[C@H](CO)C(O)[C@@H]2OP(=O)(O)OC[C@H]2O[C@@H](c3cnn4c(=O)[nH]cnc34)[C@@H](O)C2O)c(=O)[nH]1. The molecule has 3 unspecified atom stereocenters. The van der Waals surface area contributed by atoms with Crippen LogP contribution < -0.4 is 17.0 Å². The number of aliphatic hydroxyl groups excluding tert-OH is 4. The molecule has 6 heterocycles. The second kappa shape index (κ2) is 10.6. The van der Waals surface area contributed by atoms with Crippen LogP contribution in [0.1, 0.15) is 17.9 Å². The van der Waals surface area contributed by atoms with Gasteiger partial charge in [0.2, 0.25) is 5.95 Å². The van der Waals surface area contributed by atoms with Gasteiger partial charge in [0.05, 0.1) is 32.1 Å². The second-order valence-corrected chi connectivity index (χ2v) is 10.9. The minimum atomic E-state index is -5.07. The molecule has 9 N–H and O–H groups in total. The number of H-pyrrole nitrogens is 2. The zero-order valence-corrected chi connectivity index (χ0v) is 22.0. The third-order valence-corrected chi connectivity index (χ3v) is 7.87. The van der Waals surface area contributed by atoms with Crippen molar-refractivity contribution in [3.05, 3.63) is 45.3 Å². The van der Waals surface area contributed by atoms with Gasteiger partial charge in [-0.15, -0.1) is 0 Å². The third-order valence-electron chi connectivity index (χ3n) is 6.88. The molecule has 4 aromatic rings. The molecule has 42 heavy (non-hydrogen) atoms. The molecule has 0 radical (unpaired) electrons. The van der Waals surface area contributed by atoms with E-state index in [2.05, 4.69) is 30.0 Å². The number of nitrogen functional groups attached to an aromatic ring is 1. The lowest BCUT2D eigenvalue weighted by Gasteiger charge is -2.24. The van der Waals surface area contributed by atoms with Crippen molar-refractivity contribution in [1.82, 2.24) is 39.1 Å². The topological polar surface area (TPSA) is 308 Å². The van der Waals surface area contributed by atoms with Gasteiger partial charge in [-0.1, -0.05) is 0 Å². The van der Waals surface area contributed by atoms with Crippen LogP contribution in [-0.2, 0) is 23.1 Å². The first-order valence-electron chi connectivity index (χ1n) is 12.2. The number of nitrogens with two attached hydrogens (primary N) is 1. The van der Waals surface area contributed by atoms with E-state index in [-0.39, 0.29) is 28.3 Å². The van der Waals surface area contributed by atoms with Crippen LogP contribution in [0.15, 0.2) is 28.4 Å². The van der Waals surface area contributed by atoms with Gasteiger partial charge in [0.25, 0.3) is 5.56 Å². The van der Waals surface area contributed by atoms with Crippen molar-refractivity contribution >= 4 is 30.6 Å². The molecule has 4 aromatic heterocycles. The van der Waals surface area contributed by atoms with E-state index in [4.69, 9.17) is 24.3 Å². The molecule has 2 aliphatic heterocycles. The molecule has 9 atom stereocenters. The molecule has 2 fully saturated rings. The first kappa shape index (κ1) is 28.5. The predicted molar refractivity (Wildman–Crippen MR) is 133 cm³/mol. The number of ether oxygens (including phenoxy) is 2. The van der Waals surface area contributed by atoms with Crippen LogP contribution in [-0.4, -0.2) is 114 Å². The molecule has 0 amide bonds. The number of fused-ring (bicyclic) bond motifs is 2. The zero-order chi connectivity index (χ0) is 29.9. The van der Waals surface area contributed by atoms with Crippen LogP contribution in [0.4, 0.5) is 5.95 Å². The average molecular weight is 613 g/mol. The van der Waals surface area contributed by atoms with Gasteiger partial charge in [-0.05, 0) is 0 Å². The number of anilines is 1. The van der Waals surface area contributed by atoms with E-state index in [1.807, 2.05) is 0 Å². The van der Waals surface area contributed by atoms with Crippen LogP contribution >= 0.6 is 7.82 Å². The van der Waals surface area contributed by atoms with Gasteiger partial charge in [-0.3, -0.25) is 28.4 Å². The Hall–Kier alpha value is -3.63. The van der Waals surface area contributed by atoms with E-state index < -0.39 is 81.2 Å². The molecule has 21 nitrogen and oxygen atoms in total. The normalized spacial score (nSPS) is 31.3. The Morgan fingerprint density at radius 1 is 1.10 bits per heavy atom. The van der Waals surface area contributed by atoms with Crippen molar-refractivity contribution in [2.24, 2.45) is 0 Å². The van der Waals surface area contributed by atoms with Crippen LogP contribution in [0.25, 0.3) is 16.8 Å². The number of nitrogens with one attached hydrogen (secondary N) is 2. The summed E-state index contributed by atoms with van der Waals surface area (Å²) >= 11 is 0. The Morgan fingerprint density at radius 3 is 2.64 bits per heavy atom. The number of hydrogen-bond acceptors (Lipinski definition) is 16. The molecule has 0 aromatic carbocycles. The Labute approximate surface area is 231 Å². The maximum Gasteiger partial charge on any atom is 0.472 e. The van der Waals surface area contributed by atoms with E-state index in [9.17, 15) is 39.5 Å². The molecular formula is C20H24N9O12P. The molecule has 22 heteroatoms. The molecule has 0 bridgehead atoms. The average Bonchev–Trinajstić information content (AvgIpc) is 3.69. The summed E-state index contributed by atoms with van der Waals surface area (Å²) in [5.74, 6) is -0.262. The number of phosphoric ester groups is 1. The van der Waals surface area contributed by atoms with Crippen molar-refractivity contribution in [1.29, 1.82) is 0 Å². The fraction of sp³-hybridized carbons (Fsp3) is 0.500. The van der Waals surface area contributed by atoms with E-state index in [1.165, 1.54) is 6.20 Å². The zero-order valence-electron chi connectivity index (χ0n) is 21.1. The summed E-state index contributed by atoms with van der Waals surface area (Å²) in [6.45, 7) is -1.47. The first-order chi connectivity index (χ1) is 20.0. The lowest BCUT2D eigenvalue weighted by atomic mass is 10.0. The van der Waals surface area contributed by atoms with Crippen LogP contribution in [0.2, 0.25) is 0 Å². The van der Waals surface area contributed by atoms with Crippen LogP contribution in [0.5, 0.6) is 0 Å². The number of aliphatic hydroxyl groups is 4. The highest BCUT2D eigenvalue weighted by Gasteiger charge is 2.50. The smallest absolute Gasteiger partial charge is 0.394 e. The summed E-state index contributed by atoms with van der Waals surface area (Å²) in [5.41, 5.74) is 4.31.